The van der Waals surface area contributed by atoms with Crippen molar-refractivity contribution in [3.63, 3.8) is 0 Å². The lowest BCUT2D eigenvalue weighted by Crippen LogP contribution is -2.11. The molecule has 4 heteroatoms. The van der Waals surface area contributed by atoms with Crippen molar-refractivity contribution in [3.8, 4) is 11.5 Å². The van der Waals surface area contributed by atoms with Crippen LogP contribution in [0.25, 0.3) is 11.5 Å². The Morgan fingerprint density at radius 2 is 1.95 bits per heavy atom. The summed E-state index contributed by atoms with van der Waals surface area (Å²) in [6, 6.07) is 3.97. The molecule has 112 valence electrons. The third kappa shape index (κ3) is 3.38. The first kappa shape index (κ1) is 15.4. The van der Waals surface area contributed by atoms with Gasteiger partial charge in [-0.1, -0.05) is 26.8 Å². The van der Waals surface area contributed by atoms with Crippen molar-refractivity contribution in [1.82, 2.24) is 15.0 Å². The van der Waals surface area contributed by atoms with Crippen LogP contribution in [0.3, 0.4) is 0 Å². The molecule has 2 heterocycles. The smallest absolute Gasteiger partial charge is 0.180 e. The monoisotopic (exact) mass is 284 g/mol. The van der Waals surface area contributed by atoms with Gasteiger partial charge >= 0.3 is 0 Å². The Hall–Kier alpha value is -1.97. The van der Waals surface area contributed by atoms with Crippen molar-refractivity contribution in [2.24, 2.45) is 0 Å². The van der Waals surface area contributed by atoms with Gasteiger partial charge in [0.25, 0.3) is 0 Å². The van der Waals surface area contributed by atoms with Crippen molar-refractivity contribution in [1.29, 1.82) is 0 Å². The molecule has 1 N–H and O–H groups in total. The zero-order valence-corrected chi connectivity index (χ0v) is 13.6. The highest BCUT2D eigenvalue weighted by Crippen LogP contribution is 2.28. The molecule has 0 radical (unpaired) electrons. The van der Waals surface area contributed by atoms with Gasteiger partial charge in [0.1, 0.15) is 11.5 Å². The number of hydrogen-bond acceptors (Lipinski definition) is 4. The van der Waals surface area contributed by atoms with E-state index in [1.807, 2.05) is 19.1 Å². The Kier molecular flexibility index (Phi) is 4.89. The van der Waals surface area contributed by atoms with Crippen molar-refractivity contribution < 1.29 is 0 Å². The minimum absolute atomic E-state index is 0.392. The summed E-state index contributed by atoms with van der Waals surface area (Å²) in [4.78, 5) is 13.9. The first-order valence-electron chi connectivity index (χ1n) is 7.59. The fraction of sp³-hybridized carbons (Fsp3) is 0.471. The van der Waals surface area contributed by atoms with Crippen molar-refractivity contribution in [2.75, 3.05) is 11.9 Å². The maximum Gasteiger partial charge on any atom is 0.180 e. The topological polar surface area (TPSA) is 50.7 Å². The van der Waals surface area contributed by atoms with Gasteiger partial charge in [0, 0.05) is 24.0 Å². The van der Waals surface area contributed by atoms with Gasteiger partial charge in [-0.15, -0.1) is 0 Å². The third-order valence-electron chi connectivity index (χ3n) is 3.48. The molecule has 0 atom stereocenters. The quantitative estimate of drug-likeness (QED) is 0.898. The molecule has 21 heavy (non-hydrogen) atoms. The van der Waals surface area contributed by atoms with E-state index in [1.54, 1.807) is 6.20 Å². The molecule has 0 aliphatic carbocycles. The van der Waals surface area contributed by atoms with E-state index in [-0.39, 0.29) is 0 Å². The van der Waals surface area contributed by atoms with Gasteiger partial charge in [0.15, 0.2) is 5.82 Å². The van der Waals surface area contributed by atoms with Crippen LogP contribution in [-0.2, 0) is 0 Å². The summed E-state index contributed by atoms with van der Waals surface area (Å²) in [5.74, 6) is 2.04. The third-order valence-corrected chi connectivity index (χ3v) is 3.48. The van der Waals surface area contributed by atoms with Gasteiger partial charge in [0.05, 0.1) is 0 Å². The van der Waals surface area contributed by atoms with Crippen LogP contribution in [0.5, 0.6) is 0 Å². The molecule has 0 bridgehead atoms. The fourth-order valence-electron chi connectivity index (χ4n) is 2.48. The van der Waals surface area contributed by atoms with E-state index in [0.717, 1.165) is 35.7 Å². The summed E-state index contributed by atoms with van der Waals surface area (Å²) in [5, 5.41) is 3.44. The summed E-state index contributed by atoms with van der Waals surface area (Å²) in [6.07, 6.45) is 2.86. The first-order valence-corrected chi connectivity index (χ1v) is 7.59. The maximum atomic E-state index is 4.74. The number of aryl methyl sites for hydroxylation is 2. The molecule has 0 aromatic carbocycles. The SMILES string of the molecule is CCCNc1nc(-c2ncccc2C)nc(C)c1C(C)C. The molecular formula is C17H24N4. The lowest BCUT2D eigenvalue weighted by Gasteiger charge is -2.17. The van der Waals surface area contributed by atoms with Crippen LogP contribution in [0.2, 0.25) is 0 Å². The minimum atomic E-state index is 0.392. The van der Waals surface area contributed by atoms with Crippen LogP contribution in [0, 0.1) is 13.8 Å². The van der Waals surface area contributed by atoms with Crippen molar-refractivity contribution in [3.05, 3.63) is 35.2 Å². The van der Waals surface area contributed by atoms with Gasteiger partial charge in [-0.25, -0.2) is 9.97 Å². The number of pyridine rings is 1. The van der Waals surface area contributed by atoms with E-state index >= 15 is 0 Å². The molecule has 2 aromatic rings. The summed E-state index contributed by atoms with van der Waals surface area (Å²) < 4.78 is 0. The Bertz CT molecular complexity index is 620. The number of nitrogens with one attached hydrogen (secondary N) is 1. The highest BCUT2D eigenvalue weighted by Gasteiger charge is 2.16. The second-order valence-electron chi connectivity index (χ2n) is 5.65. The van der Waals surface area contributed by atoms with Gasteiger partial charge in [-0.05, 0) is 37.8 Å². The number of anilines is 1. The molecule has 0 amide bonds. The largest absolute Gasteiger partial charge is 0.370 e. The second-order valence-corrected chi connectivity index (χ2v) is 5.65. The van der Waals surface area contributed by atoms with Gasteiger partial charge in [0.2, 0.25) is 0 Å². The molecule has 2 aromatic heterocycles. The molecule has 0 aliphatic heterocycles. The molecule has 0 fully saturated rings. The van der Waals surface area contributed by atoms with E-state index in [0.29, 0.717) is 11.7 Å². The van der Waals surface area contributed by atoms with E-state index in [1.165, 1.54) is 5.56 Å². The first-order chi connectivity index (χ1) is 10.0. The van der Waals surface area contributed by atoms with Crippen LogP contribution in [0.15, 0.2) is 18.3 Å². The Labute approximate surface area is 127 Å². The predicted octanol–water partition coefficient (Wildman–Crippen LogP) is 4.10. The maximum absolute atomic E-state index is 4.74. The van der Waals surface area contributed by atoms with Crippen molar-refractivity contribution >= 4 is 5.82 Å². The number of rotatable bonds is 5. The molecular weight excluding hydrogens is 260 g/mol. The molecule has 0 saturated heterocycles. The zero-order valence-electron chi connectivity index (χ0n) is 13.6. The number of aromatic nitrogens is 3. The Morgan fingerprint density at radius 3 is 2.57 bits per heavy atom. The zero-order chi connectivity index (χ0) is 15.4. The molecule has 0 saturated carbocycles. The predicted molar refractivity (Wildman–Crippen MR) is 87.6 cm³/mol. The fourth-order valence-corrected chi connectivity index (χ4v) is 2.48. The van der Waals surface area contributed by atoms with Crippen LogP contribution < -0.4 is 5.32 Å². The summed E-state index contributed by atoms with van der Waals surface area (Å²) in [6.45, 7) is 11.5. The van der Waals surface area contributed by atoms with E-state index < -0.39 is 0 Å². The summed E-state index contributed by atoms with van der Waals surface area (Å²) >= 11 is 0. The van der Waals surface area contributed by atoms with Crippen LogP contribution >= 0.6 is 0 Å². The second kappa shape index (κ2) is 6.66. The normalized spacial score (nSPS) is 11.0. The minimum Gasteiger partial charge on any atom is -0.370 e. The average molecular weight is 284 g/mol. The summed E-state index contributed by atoms with van der Waals surface area (Å²) in [5.41, 5.74) is 4.17. The van der Waals surface area contributed by atoms with Crippen molar-refractivity contribution in [2.45, 2.75) is 47.0 Å². The van der Waals surface area contributed by atoms with E-state index in [9.17, 15) is 0 Å². The lowest BCUT2D eigenvalue weighted by atomic mass is 10.0. The highest BCUT2D eigenvalue weighted by molar-refractivity contribution is 5.60. The molecule has 0 unspecified atom stereocenters. The highest BCUT2D eigenvalue weighted by atomic mass is 15.0. The van der Waals surface area contributed by atoms with Gasteiger partial charge in [-0.2, -0.15) is 0 Å². The van der Waals surface area contributed by atoms with Gasteiger partial charge in [-0.3, -0.25) is 4.98 Å². The van der Waals surface area contributed by atoms with E-state index in [4.69, 9.17) is 4.98 Å². The lowest BCUT2D eigenvalue weighted by molar-refractivity contribution is 0.825. The standard InChI is InChI=1S/C17H24N4/c1-6-9-19-16-14(11(2)3)13(5)20-17(21-16)15-12(4)8-7-10-18-15/h7-8,10-11H,6,9H2,1-5H3,(H,19,20,21). The van der Waals surface area contributed by atoms with Crippen LogP contribution in [-0.4, -0.2) is 21.5 Å². The average Bonchev–Trinajstić information content (AvgIpc) is 2.44. The Morgan fingerprint density at radius 1 is 1.19 bits per heavy atom. The molecule has 0 aliphatic rings. The van der Waals surface area contributed by atoms with Gasteiger partial charge < -0.3 is 5.32 Å². The summed E-state index contributed by atoms with van der Waals surface area (Å²) in [7, 11) is 0. The Balaban J connectivity index is 2.54. The molecule has 0 spiro atoms. The number of nitrogens with zero attached hydrogens (tertiary/aromatic N) is 3. The number of hydrogen-bond donors (Lipinski definition) is 1. The van der Waals surface area contributed by atoms with Crippen LogP contribution in [0.4, 0.5) is 5.82 Å². The molecule has 2 rings (SSSR count). The van der Waals surface area contributed by atoms with E-state index in [2.05, 4.69) is 43.0 Å². The van der Waals surface area contributed by atoms with Crippen LogP contribution in [0.1, 0.15) is 49.9 Å². The molecule has 4 nitrogen and oxygen atoms in total.